The number of ether oxygens (including phenoxy) is 2. The minimum Gasteiger partial charge on any atom is -0.383 e. The number of carbonyl (C=O) groups excluding carboxylic acids is 2. The summed E-state index contributed by atoms with van der Waals surface area (Å²) in [6, 6.07) is 19.0. The molecule has 1 N–H and O–H groups in total. The molecular weight excluding hydrogens is 474 g/mol. The van der Waals surface area contributed by atoms with Gasteiger partial charge in [0.2, 0.25) is 5.91 Å². The van der Waals surface area contributed by atoms with Crippen molar-refractivity contribution in [3.8, 4) is 0 Å². The van der Waals surface area contributed by atoms with Crippen molar-refractivity contribution in [3.05, 3.63) is 87.6 Å². The van der Waals surface area contributed by atoms with Crippen LogP contribution in [-0.4, -0.2) is 68.2 Å². The molecule has 3 aromatic rings. The topological polar surface area (TPSA) is 71.1 Å². The first-order valence-corrected chi connectivity index (χ1v) is 13.2. The van der Waals surface area contributed by atoms with E-state index in [1.807, 2.05) is 53.9 Å². The number of nitrogens with zero attached hydrogens (tertiary/aromatic N) is 2. The van der Waals surface area contributed by atoms with Crippen LogP contribution in [0.1, 0.15) is 38.3 Å². The minimum atomic E-state index is -0.539. The van der Waals surface area contributed by atoms with Crippen molar-refractivity contribution >= 4 is 28.8 Å². The molecule has 2 aliphatic heterocycles. The molecule has 0 bridgehead atoms. The van der Waals surface area contributed by atoms with Crippen LogP contribution < -0.4 is 5.32 Å². The van der Waals surface area contributed by atoms with Crippen molar-refractivity contribution in [2.24, 2.45) is 0 Å². The zero-order valence-corrected chi connectivity index (χ0v) is 21.2. The summed E-state index contributed by atoms with van der Waals surface area (Å²) >= 11 is 1.56. The van der Waals surface area contributed by atoms with Crippen molar-refractivity contribution in [2.75, 3.05) is 51.9 Å². The Morgan fingerprint density at radius 1 is 1.08 bits per heavy atom. The zero-order valence-electron chi connectivity index (χ0n) is 20.4. The first-order valence-electron chi connectivity index (χ1n) is 12.3. The van der Waals surface area contributed by atoms with Crippen LogP contribution in [0.5, 0.6) is 0 Å². The van der Waals surface area contributed by atoms with Crippen LogP contribution in [0.2, 0.25) is 0 Å². The number of carbonyl (C=O) groups is 2. The Kier molecular flexibility index (Phi) is 7.77. The third-order valence-corrected chi connectivity index (χ3v) is 7.77. The smallest absolute Gasteiger partial charge is 0.254 e. The van der Waals surface area contributed by atoms with Gasteiger partial charge in [0.25, 0.3) is 5.91 Å². The molecule has 0 saturated carbocycles. The highest BCUT2D eigenvalue weighted by Gasteiger charge is 2.44. The number of hydrogen-bond donors (Lipinski definition) is 1. The summed E-state index contributed by atoms with van der Waals surface area (Å²) < 4.78 is 10.7. The lowest BCUT2D eigenvalue weighted by Crippen LogP contribution is -2.47. The van der Waals surface area contributed by atoms with E-state index < -0.39 is 12.0 Å². The van der Waals surface area contributed by atoms with E-state index in [-0.39, 0.29) is 11.8 Å². The van der Waals surface area contributed by atoms with E-state index in [4.69, 9.17) is 9.47 Å². The van der Waals surface area contributed by atoms with E-state index in [1.165, 1.54) is 5.56 Å². The molecule has 1 aromatic heterocycles. The van der Waals surface area contributed by atoms with Crippen LogP contribution in [0.25, 0.3) is 0 Å². The SMILES string of the molecule is COCCN1C(=O)c2ccccc2C(C(=O)Nc2ccc(CN3CCOCC3)cc2)C1c1cccs1. The lowest BCUT2D eigenvalue weighted by atomic mass is 9.81. The van der Waals surface area contributed by atoms with Crippen LogP contribution in [0.15, 0.2) is 66.0 Å². The Balaban J connectivity index is 1.41. The molecule has 0 spiro atoms. The summed E-state index contributed by atoms with van der Waals surface area (Å²) in [5, 5.41) is 5.11. The van der Waals surface area contributed by atoms with Crippen molar-refractivity contribution in [1.82, 2.24) is 9.80 Å². The Bertz CT molecular complexity index is 1180. The molecule has 8 heteroatoms. The maximum atomic E-state index is 13.9. The monoisotopic (exact) mass is 505 g/mol. The van der Waals surface area contributed by atoms with Gasteiger partial charge in [0, 0.05) is 49.4 Å². The molecule has 1 saturated heterocycles. The molecule has 2 unspecified atom stereocenters. The highest BCUT2D eigenvalue weighted by Crippen LogP contribution is 2.44. The highest BCUT2D eigenvalue weighted by atomic mass is 32.1. The number of methoxy groups -OCH3 is 1. The molecule has 2 aromatic carbocycles. The van der Waals surface area contributed by atoms with Gasteiger partial charge in [-0.2, -0.15) is 0 Å². The minimum absolute atomic E-state index is 0.0717. The second kappa shape index (κ2) is 11.3. The van der Waals surface area contributed by atoms with Crippen LogP contribution in [0.4, 0.5) is 5.69 Å². The standard InChI is InChI=1S/C28H31N3O4S/c1-34-15-14-31-26(24-7-4-18-36-24)25(22-5-2-3-6-23(22)28(31)33)27(32)29-21-10-8-20(9-11-21)19-30-12-16-35-17-13-30/h2-11,18,25-26H,12-17,19H2,1H3,(H,29,32). The van der Waals surface area contributed by atoms with E-state index in [9.17, 15) is 9.59 Å². The summed E-state index contributed by atoms with van der Waals surface area (Å²) in [5.74, 6) is -0.739. The molecule has 1 fully saturated rings. The van der Waals surface area contributed by atoms with Gasteiger partial charge >= 0.3 is 0 Å². The third-order valence-electron chi connectivity index (χ3n) is 6.82. The van der Waals surface area contributed by atoms with Gasteiger partial charge in [0.15, 0.2) is 0 Å². The molecule has 5 rings (SSSR count). The van der Waals surface area contributed by atoms with Gasteiger partial charge in [0.1, 0.15) is 0 Å². The summed E-state index contributed by atoms with van der Waals surface area (Å²) in [6.07, 6.45) is 0. The van der Waals surface area contributed by atoms with Crippen molar-refractivity contribution in [2.45, 2.75) is 18.5 Å². The molecule has 2 aliphatic rings. The number of benzene rings is 2. The maximum absolute atomic E-state index is 13.9. The summed E-state index contributed by atoms with van der Waals surface area (Å²) in [6.45, 7) is 5.08. The van der Waals surface area contributed by atoms with Gasteiger partial charge < -0.3 is 19.7 Å². The molecule has 0 radical (unpaired) electrons. The predicted octanol–water partition coefficient (Wildman–Crippen LogP) is 4.15. The number of rotatable bonds is 8. The van der Waals surface area contributed by atoms with Crippen LogP contribution in [-0.2, 0) is 20.8 Å². The zero-order chi connectivity index (χ0) is 24.9. The fourth-order valence-corrected chi connectivity index (χ4v) is 5.89. The number of hydrogen-bond acceptors (Lipinski definition) is 6. The van der Waals surface area contributed by atoms with Crippen molar-refractivity contribution in [3.63, 3.8) is 0 Å². The maximum Gasteiger partial charge on any atom is 0.254 e. The summed E-state index contributed by atoms with van der Waals surface area (Å²) in [7, 11) is 1.62. The van der Waals surface area contributed by atoms with Crippen LogP contribution in [0, 0.1) is 0 Å². The molecule has 36 heavy (non-hydrogen) atoms. The van der Waals surface area contributed by atoms with E-state index in [2.05, 4.69) is 22.3 Å². The number of morpholine rings is 1. The van der Waals surface area contributed by atoms with Gasteiger partial charge in [-0.05, 0) is 40.8 Å². The number of amides is 2. The third kappa shape index (κ3) is 5.22. The fraction of sp³-hybridized carbons (Fsp3) is 0.357. The number of fused-ring (bicyclic) bond motifs is 1. The Morgan fingerprint density at radius 3 is 2.58 bits per heavy atom. The quantitative estimate of drug-likeness (QED) is 0.498. The van der Waals surface area contributed by atoms with Crippen LogP contribution in [0.3, 0.4) is 0 Å². The van der Waals surface area contributed by atoms with E-state index in [1.54, 1.807) is 23.3 Å². The average molecular weight is 506 g/mol. The predicted molar refractivity (Wildman–Crippen MR) is 140 cm³/mol. The lowest BCUT2D eigenvalue weighted by molar-refractivity contribution is -0.119. The number of anilines is 1. The normalized spacial score (nSPS) is 20.2. The molecular formula is C28H31N3O4S. The van der Waals surface area contributed by atoms with E-state index in [0.717, 1.165) is 49.0 Å². The Morgan fingerprint density at radius 2 is 1.86 bits per heavy atom. The second-order valence-corrected chi connectivity index (χ2v) is 10.1. The number of thiophene rings is 1. The average Bonchev–Trinajstić information content (AvgIpc) is 3.44. The van der Waals surface area contributed by atoms with Gasteiger partial charge in [-0.25, -0.2) is 0 Å². The first kappa shape index (κ1) is 24.6. The van der Waals surface area contributed by atoms with Crippen molar-refractivity contribution in [1.29, 1.82) is 0 Å². The molecule has 3 heterocycles. The molecule has 2 atom stereocenters. The first-order chi connectivity index (χ1) is 17.7. The van der Waals surface area contributed by atoms with Gasteiger partial charge in [-0.15, -0.1) is 11.3 Å². The fourth-order valence-electron chi connectivity index (χ4n) is 5.02. The van der Waals surface area contributed by atoms with Gasteiger partial charge in [-0.1, -0.05) is 36.4 Å². The van der Waals surface area contributed by atoms with Crippen LogP contribution >= 0.6 is 11.3 Å². The summed E-state index contributed by atoms with van der Waals surface area (Å²) in [4.78, 5) is 32.5. The lowest BCUT2D eigenvalue weighted by Gasteiger charge is -2.41. The second-order valence-electron chi connectivity index (χ2n) is 9.09. The molecule has 0 aliphatic carbocycles. The van der Waals surface area contributed by atoms with E-state index >= 15 is 0 Å². The Labute approximate surface area is 215 Å². The van der Waals surface area contributed by atoms with Crippen molar-refractivity contribution < 1.29 is 19.1 Å². The van der Waals surface area contributed by atoms with Gasteiger partial charge in [-0.3, -0.25) is 14.5 Å². The highest BCUT2D eigenvalue weighted by molar-refractivity contribution is 7.10. The molecule has 2 amide bonds. The molecule has 7 nitrogen and oxygen atoms in total. The van der Waals surface area contributed by atoms with E-state index in [0.29, 0.717) is 18.7 Å². The summed E-state index contributed by atoms with van der Waals surface area (Å²) in [5.41, 5.74) is 3.28. The molecule has 188 valence electrons. The Hall–Kier alpha value is -3.04. The van der Waals surface area contributed by atoms with Gasteiger partial charge in [0.05, 0.1) is 31.8 Å². The largest absolute Gasteiger partial charge is 0.383 e. The number of nitrogens with one attached hydrogen (secondary N) is 1.